The molecular formula is C13H17N3. The van der Waals surface area contributed by atoms with Crippen LogP contribution < -0.4 is 0 Å². The molecule has 0 saturated heterocycles. The molecule has 1 unspecified atom stereocenters. The predicted molar refractivity (Wildman–Crippen MR) is 63.8 cm³/mol. The summed E-state index contributed by atoms with van der Waals surface area (Å²) in [6.45, 7) is 6.44. The highest BCUT2D eigenvalue weighted by Gasteiger charge is 2.23. The molecule has 0 bridgehead atoms. The minimum Gasteiger partial charge on any atom is -0.285 e. The molecule has 1 aliphatic rings. The van der Waals surface area contributed by atoms with Crippen LogP contribution in [-0.4, -0.2) is 14.4 Å². The average molecular weight is 215 g/mol. The van der Waals surface area contributed by atoms with E-state index in [-0.39, 0.29) is 0 Å². The highest BCUT2D eigenvalue weighted by molar-refractivity contribution is 5.41. The van der Waals surface area contributed by atoms with Crippen LogP contribution in [0.25, 0.3) is 5.78 Å². The largest absolute Gasteiger partial charge is 0.285 e. The Hall–Kier alpha value is -1.38. The predicted octanol–water partition coefficient (Wildman–Crippen LogP) is 2.79. The Balaban J connectivity index is 2.36. The highest BCUT2D eigenvalue weighted by Crippen LogP contribution is 2.31. The summed E-state index contributed by atoms with van der Waals surface area (Å²) in [6, 6.07) is 2.13. The molecule has 3 heteroatoms. The van der Waals surface area contributed by atoms with Gasteiger partial charge in [-0.3, -0.25) is 4.40 Å². The first-order valence-electron chi connectivity index (χ1n) is 6.02. The second-order valence-electron chi connectivity index (χ2n) is 4.91. The Morgan fingerprint density at radius 3 is 2.94 bits per heavy atom. The van der Waals surface area contributed by atoms with Crippen molar-refractivity contribution in [2.24, 2.45) is 0 Å². The van der Waals surface area contributed by atoms with Crippen LogP contribution >= 0.6 is 0 Å². The monoisotopic (exact) mass is 215 g/mol. The second-order valence-corrected chi connectivity index (χ2v) is 4.91. The van der Waals surface area contributed by atoms with Crippen molar-refractivity contribution in [2.45, 2.75) is 46.0 Å². The molecule has 0 saturated carbocycles. The Kier molecular flexibility index (Phi) is 2.03. The van der Waals surface area contributed by atoms with Crippen molar-refractivity contribution in [3.05, 3.63) is 28.8 Å². The summed E-state index contributed by atoms with van der Waals surface area (Å²) in [6.07, 6.45) is 3.68. The van der Waals surface area contributed by atoms with Crippen LogP contribution in [0.4, 0.5) is 0 Å². The van der Waals surface area contributed by atoms with Crippen LogP contribution in [-0.2, 0) is 6.42 Å². The second kappa shape index (κ2) is 3.30. The molecule has 16 heavy (non-hydrogen) atoms. The van der Waals surface area contributed by atoms with Crippen molar-refractivity contribution < 1.29 is 0 Å². The van der Waals surface area contributed by atoms with Crippen molar-refractivity contribution in [1.82, 2.24) is 14.4 Å². The maximum atomic E-state index is 4.71. The minimum atomic E-state index is 0.588. The third-order valence-electron chi connectivity index (χ3n) is 3.55. The van der Waals surface area contributed by atoms with E-state index in [0.29, 0.717) is 5.92 Å². The molecule has 0 spiro atoms. The van der Waals surface area contributed by atoms with Gasteiger partial charge in [0, 0.05) is 23.0 Å². The van der Waals surface area contributed by atoms with Gasteiger partial charge in [-0.2, -0.15) is 0 Å². The SMILES string of the molecule is Cc1cc(C)n2c3c(nc2n1)C(C)CCC3. The lowest BCUT2D eigenvalue weighted by atomic mass is 9.91. The standard InChI is InChI=1S/C13H17N3/c1-8-5-4-6-11-12(8)15-13-14-9(2)7-10(3)16(11)13/h7-8H,4-6H2,1-3H3. The van der Waals surface area contributed by atoms with Crippen molar-refractivity contribution in [1.29, 1.82) is 0 Å². The van der Waals surface area contributed by atoms with E-state index in [1.165, 1.54) is 29.9 Å². The van der Waals surface area contributed by atoms with Crippen molar-refractivity contribution >= 4 is 5.78 Å². The molecule has 2 aromatic rings. The maximum absolute atomic E-state index is 4.71. The van der Waals surface area contributed by atoms with Gasteiger partial charge in [0.2, 0.25) is 5.78 Å². The van der Waals surface area contributed by atoms with E-state index in [1.54, 1.807) is 0 Å². The highest BCUT2D eigenvalue weighted by atomic mass is 15.1. The van der Waals surface area contributed by atoms with Crippen molar-refractivity contribution in [3.8, 4) is 0 Å². The third kappa shape index (κ3) is 1.27. The van der Waals surface area contributed by atoms with Gasteiger partial charge in [0.1, 0.15) is 0 Å². The molecule has 0 amide bonds. The van der Waals surface area contributed by atoms with Gasteiger partial charge in [0.05, 0.1) is 5.69 Å². The van der Waals surface area contributed by atoms with E-state index < -0.39 is 0 Å². The molecule has 1 atom stereocenters. The molecule has 84 valence electrons. The number of imidazole rings is 1. The fourth-order valence-corrected chi connectivity index (χ4v) is 2.81. The Morgan fingerprint density at radius 1 is 1.31 bits per heavy atom. The summed E-state index contributed by atoms with van der Waals surface area (Å²) in [5, 5.41) is 0. The molecular weight excluding hydrogens is 198 g/mol. The fraction of sp³-hybridized carbons (Fsp3) is 0.538. The lowest BCUT2D eigenvalue weighted by Crippen LogP contribution is -2.09. The van der Waals surface area contributed by atoms with Gasteiger partial charge in [-0.05, 0) is 39.2 Å². The Labute approximate surface area is 95.5 Å². The van der Waals surface area contributed by atoms with Gasteiger partial charge in [-0.15, -0.1) is 0 Å². The van der Waals surface area contributed by atoms with Crippen LogP contribution in [0.5, 0.6) is 0 Å². The smallest absolute Gasteiger partial charge is 0.234 e. The molecule has 0 radical (unpaired) electrons. The summed E-state index contributed by atoms with van der Waals surface area (Å²) in [5.74, 6) is 1.47. The van der Waals surface area contributed by atoms with E-state index in [1.807, 2.05) is 6.92 Å². The van der Waals surface area contributed by atoms with Crippen molar-refractivity contribution in [3.63, 3.8) is 0 Å². The first kappa shape index (κ1) is 9.82. The van der Waals surface area contributed by atoms with E-state index in [9.17, 15) is 0 Å². The quantitative estimate of drug-likeness (QED) is 0.676. The zero-order valence-electron chi connectivity index (χ0n) is 10.1. The lowest BCUT2D eigenvalue weighted by Gasteiger charge is -2.17. The topological polar surface area (TPSA) is 30.2 Å². The zero-order chi connectivity index (χ0) is 11.3. The first-order valence-corrected chi connectivity index (χ1v) is 6.02. The minimum absolute atomic E-state index is 0.588. The molecule has 0 N–H and O–H groups in total. The number of hydrogen-bond donors (Lipinski definition) is 0. The molecule has 0 aromatic carbocycles. The molecule has 3 rings (SSSR count). The lowest BCUT2D eigenvalue weighted by molar-refractivity contribution is 0.569. The summed E-state index contributed by atoms with van der Waals surface area (Å²) in [7, 11) is 0. The number of aryl methyl sites for hydroxylation is 3. The van der Waals surface area contributed by atoms with E-state index >= 15 is 0 Å². The van der Waals surface area contributed by atoms with Gasteiger partial charge in [0.15, 0.2) is 0 Å². The van der Waals surface area contributed by atoms with E-state index in [2.05, 4.69) is 29.3 Å². The van der Waals surface area contributed by atoms with E-state index in [0.717, 1.165) is 17.9 Å². The molecule has 0 aliphatic heterocycles. The third-order valence-corrected chi connectivity index (χ3v) is 3.55. The van der Waals surface area contributed by atoms with Gasteiger partial charge in [-0.25, -0.2) is 9.97 Å². The van der Waals surface area contributed by atoms with Crippen LogP contribution in [0, 0.1) is 13.8 Å². The molecule has 3 nitrogen and oxygen atoms in total. The Bertz CT molecular complexity index is 554. The molecule has 2 aromatic heterocycles. The summed E-state index contributed by atoms with van der Waals surface area (Å²) >= 11 is 0. The summed E-state index contributed by atoms with van der Waals surface area (Å²) in [4.78, 5) is 9.24. The molecule has 0 fully saturated rings. The fourth-order valence-electron chi connectivity index (χ4n) is 2.81. The van der Waals surface area contributed by atoms with Gasteiger partial charge in [0.25, 0.3) is 0 Å². The van der Waals surface area contributed by atoms with Gasteiger partial charge >= 0.3 is 0 Å². The zero-order valence-corrected chi connectivity index (χ0v) is 10.1. The normalized spacial score (nSPS) is 20.1. The van der Waals surface area contributed by atoms with Crippen LogP contribution in [0.1, 0.15) is 48.5 Å². The number of fused-ring (bicyclic) bond motifs is 3. The van der Waals surface area contributed by atoms with Crippen LogP contribution in [0.15, 0.2) is 6.07 Å². The summed E-state index contributed by atoms with van der Waals surface area (Å²) < 4.78 is 2.23. The maximum Gasteiger partial charge on any atom is 0.234 e. The van der Waals surface area contributed by atoms with Crippen LogP contribution in [0.3, 0.4) is 0 Å². The average Bonchev–Trinajstić information content (AvgIpc) is 2.57. The number of aromatic nitrogens is 3. The Morgan fingerprint density at radius 2 is 2.12 bits per heavy atom. The number of rotatable bonds is 0. The number of nitrogens with zero attached hydrogens (tertiary/aromatic N) is 3. The molecule has 2 heterocycles. The van der Waals surface area contributed by atoms with Gasteiger partial charge in [-0.1, -0.05) is 6.92 Å². The van der Waals surface area contributed by atoms with Crippen LogP contribution in [0.2, 0.25) is 0 Å². The summed E-state index contributed by atoms with van der Waals surface area (Å²) in [5.41, 5.74) is 4.97. The van der Waals surface area contributed by atoms with Crippen molar-refractivity contribution in [2.75, 3.05) is 0 Å². The van der Waals surface area contributed by atoms with Gasteiger partial charge < -0.3 is 0 Å². The first-order chi connectivity index (χ1) is 7.66. The molecule has 1 aliphatic carbocycles. The van der Waals surface area contributed by atoms with E-state index in [4.69, 9.17) is 4.98 Å². The number of hydrogen-bond acceptors (Lipinski definition) is 2.